The molecule has 1 N–H and O–H groups in total. The number of hydrogen-bond acceptors (Lipinski definition) is 8. The number of amides is 1. The number of aliphatic hydroxyl groups is 1. The Morgan fingerprint density at radius 1 is 1.06 bits per heavy atom. The van der Waals surface area contributed by atoms with Crippen molar-refractivity contribution in [3.8, 4) is 17.2 Å². The van der Waals surface area contributed by atoms with E-state index in [0.717, 1.165) is 0 Å². The Morgan fingerprint density at radius 2 is 1.76 bits per heavy atom. The Kier molecular flexibility index (Phi) is 6.27. The van der Waals surface area contributed by atoms with Crippen molar-refractivity contribution in [2.75, 3.05) is 25.7 Å². The summed E-state index contributed by atoms with van der Waals surface area (Å²) in [5.74, 6) is 0.0977. The predicted molar refractivity (Wildman–Crippen MR) is 123 cm³/mol. The van der Waals surface area contributed by atoms with Crippen LogP contribution in [0.3, 0.4) is 0 Å². The van der Waals surface area contributed by atoms with Gasteiger partial charge >= 0.3 is 5.91 Å². The smallest absolute Gasteiger partial charge is 0.301 e. The van der Waals surface area contributed by atoms with E-state index < -0.39 is 17.7 Å². The van der Waals surface area contributed by atoms with Gasteiger partial charge in [-0.1, -0.05) is 17.3 Å². The van der Waals surface area contributed by atoms with Gasteiger partial charge in [-0.2, -0.15) is 0 Å². The Hall–Kier alpha value is -4.27. The van der Waals surface area contributed by atoms with E-state index >= 15 is 0 Å². The molecule has 1 aliphatic heterocycles. The molecule has 34 heavy (non-hydrogen) atoms. The van der Waals surface area contributed by atoms with E-state index in [2.05, 4.69) is 5.16 Å². The zero-order valence-electron chi connectivity index (χ0n) is 19.2. The van der Waals surface area contributed by atoms with Gasteiger partial charge < -0.3 is 23.8 Å². The van der Waals surface area contributed by atoms with Gasteiger partial charge in [-0.05, 0) is 49.7 Å². The maximum absolute atomic E-state index is 13.2. The number of hydrogen-bond donors (Lipinski definition) is 1. The number of rotatable bonds is 7. The number of methoxy groups -OCH3 is 2. The first-order valence-electron chi connectivity index (χ1n) is 10.6. The first-order chi connectivity index (χ1) is 16.4. The molecule has 1 aromatic heterocycles. The second-order valence-corrected chi connectivity index (χ2v) is 7.54. The minimum Gasteiger partial charge on any atom is -0.507 e. The molecule has 176 valence electrons. The number of aryl methyl sites for hydroxylation is 1. The molecule has 2 heterocycles. The zero-order valence-corrected chi connectivity index (χ0v) is 19.2. The molecule has 1 aliphatic rings. The third-order valence-corrected chi connectivity index (χ3v) is 5.47. The van der Waals surface area contributed by atoms with Crippen LogP contribution < -0.4 is 19.1 Å². The molecule has 9 heteroatoms. The standard InChI is InChI=1S/C25H24N2O7/c1-5-33-17-9-6-15(7-10-17)22-21(23(28)16-8-11-18(31-3)19(13-16)32-4)24(29)25(30)27(22)20-12-14(2)34-26-20/h6-13,22,28H,5H2,1-4H3/b23-21+. The van der Waals surface area contributed by atoms with Gasteiger partial charge in [-0.25, -0.2) is 0 Å². The van der Waals surface area contributed by atoms with E-state index in [1.165, 1.54) is 25.2 Å². The van der Waals surface area contributed by atoms with E-state index in [0.29, 0.717) is 40.7 Å². The number of ketones is 1. The number of aromatic nitrogens is 1. The summed E-state index contributed by atoms with van der Waals surface area (Å²) in [6.07, 6.45) is 0. The molecule has 0 aliphatic carbocycles. The molecule has 1 unspecified atom stereocenters. The van der Waals surface area contributed by atoms with Crippen LogP contribution in [0.4, 0.5) is 5.82 Å². The molecule has 1 saturated heterocycles. The molecule has 3 aromatic rings. The first kappa shape index (κ1) is 22.9. The molecule has 1 atom stereocenters. The molecule has 1 fully saturated rings. The summed E-state index contributed by atoms with van der Waals surface area (Å²) in [5, 5.41) is 15.2. The number of nitrogens with zero attached hydrogens (tertiary/aromatic N) is 2. The van der Waals surface area contributed by atoms with Crippen LogP contribution in [0.25, 0.3) is 5.76 Å². The van der Waals surface area contributed by atoms with Crippen LogP contribution in [0.5, 0.6) is 17.2 Å². The van der Waals surface area contributed by atoms with Crippen molar-refractivity contribution in [3.63, 3.8) is 0 Å². The van der Waals surface area contributed by atoms with Crippen molar-refractivity contribution in [3.05, 3.63) is 71.0 Å². The number of ether oxygens (including phenoxy) is 3. The van der Waals surface area contributed by atoms with Crippen molar-refractivity contribution in [2.24, 2.45) is 0 Å². The van der Waals surface area contributed by atoms with Crippen molar-refractivity contribution >= 4 is 23.3 Å². The van der Waals surface area contributed by atoms with Gasteiger partial charge in [0.1, 0.15) is 17.3 Å². The maximum Gasteiger partial charge on any atom is 0.301 e. The van der Waals surface area contributed by atoms with Gasteiger partial charge in [0, 0.05) is 11.6 Å². The fourth-order valence-corrected chi connectivity index (χ4v) is 3.90. The van der Waals surface area contributed by atoms with Crippen molar-refractivity contribution in [1.29, 1.82) is 0 Å². The number of carbonyl (C=O) groups is 2. The van der Waals surface area contributed by atoms with Crippen molar-refractivity contribution < 1.29 is 33.4 Å². The van der Waals surface area contributed by atoms with Gasteiger partial charge in [0.2, 0.25) is 0 Å². The molecule has 0 bridgehead atoms. The zero-order chi connectivity index (χ0) is 24.4. The lowest BCUT2D eigenvalue weighted by atomic mass is 9.95. The lowest BCUT2D eigenvalue weighted by molar-refractivity contribution is -0.132. The molecule has 9 nitrogen and oxygen atoms in total. The summed E-state index contributed by atoms with van der Waals surface area (Å²) >= 11 is 0. The van der Waals surface area contributed by atoms with E-state index in [1.807, 2.05) is 6.92 Å². The van der Waals surface area contributed by atoms with Crippen LogP contribution in [0, 0.1) is 6.92 Å². The Bertz CT molecular complexity index is 1260. The Labute approximate surface area is 196 Å². The summed E-state index contributed by atoms with van der Waals surface area (Å²) in [6, 6.07) is 12.3. The second kappa shape index (κ2) is 9.30. The molecular formula is C25H24N2O7. The fraction of sp³-hybridized carbons (Fsp3) is 0.240. The third kappa shape index (κ3) is 3.96. The quantitative estimate of drug-likeness (QED) is 0.317. The van der Waals surface area contributed by atoms with Crippen molar-refractivity contribution in [2.45, 2.75) is 19.9 Å². The number of aliphatic hydroxyl groups excluding tert-OH is 1. The van der Waals surface area contributed by atoms with E-state index in [-0.39, 0.29) is 17.2 Å². The van der Waals surface area contributed by atoms with Crippen LogP contribution in [0.15, 0.2) is 58.6 Å². The topological polar surface area (TPSA) is 111 Å². The minimum atomic E-state index is -0.937. The average Bonchev–Trinajstić information content (AvgIpc) is 3.39. The Morgan fingerprint density at radius 3 is 2.35 bits per heavy atom. The van der Waals surface area contributed by atoms with Gasteiger partial charge in [0.15, 0.2) is 17.3 Å². The average molecular weight is 464 g/mol. The minimum absolute atomic E-state index is 0.0815. The highest BCUT2D eigenvalue weighted by Crippen LogP contribution is 2.43. The molecule has 0 radical (unpaired) electrons. The van der Waals surface area contributed by atoms with Crippen molar-refractivity contribution in [1.82, 2.24) is 5.16 Å². The second-order valence-electron chi connectivity index (χ2n) is 7.54. The predicted octanol–water partition coefficient (Wildman–Crippen LogP) is 4.03. The summed E-state index contributed by atoms with van der Waals surface area (Å²) in [4.78, 5) is 27.5. The highest BCUT2D eigenvalue weighted by atomic mass is 16.5. The number of anilines is 1. The van der Waals surface area contributed by atoms with E-state index in [9.17, 15) is 14.7 Å². The molecule has 0 spiro atoms. The maximum atomic E-state index is 13.2. The lowest BCUT2D eigenvalue weighted by Gasteiger charge is -2.23. The summed E-state index contributed by atoms with van der Waals surface area (Å²) in [5.41, 5.74) is 0.801. The lowest BCUT2D eigenvalue weighted by Crippen LogP contribution is -2.29. The molecule has 0 saturated carbocycles. The summed E-state index contributed by atoms with van der Waals surface area (Å²) in [6.45, 7) is 4.05. The van der Waals surface area contributed by atoms with Crippen LogP contribution in [-0.4, -0.2) is 42.8 Å². The SMILES string of the molecule is CCOc1ccc(C2/C(=C(\O)c3ccc(OC)c(OC)c3)C(=O)C(=O)N2c2cc(C)on2)cc1. The first-order valence-corrected chi connectivity index (χ1v) is 10.6. The largest absolute Gasteiger partial charge is 0.507 e. The molecule has 4 rings (SSSR count). The van der Waals surface area contributed by atoms with Crippen LogP contribution in [-0.2, 0) is 9.59 Å². The third-order valence-electron chi connectivity index (χ3n) is 5.47. The Balaban J connectivity index is 1.90. The van der Waals surface area contributed by atoms with Gasteiger partial charge in [-0.15, -0.1) is 0 Å². The van der Waals surface area contributed by atoms with Gasteiger partial charge in [0.05, 0.1) is 32.4 Å². The van der Waals surface area contributed by atoms with Gasteiger partial charge in [-0.3, -0.25) is 14.5 Å². The molecule has 1 amide bonds. The summed E-state index contributed by atoms with van der Waals surface area (Å²) < 4.78 is 21.2. The molecule has 2 aromatic carbocycles. The van der Waals surface area contributed by atoms with E-state index in [1.54, 1.807) is 49.4 Å². The van der Waals surface area contributed by atoms with Crippen LogP contribution in [0.1, 0.15) is 29.9 Å². The molecular weight excluding hydrogens is 440 g/mol. The van der Waals surface area contributed by atoms with Crippen LogP contribution in [0.2, 0.25) is 0 Å². The monoisotopic (exact) mass is 464 g/mol. The fourth-order valence-electron chi connectivity index (χ4n) is 3.90. The highest BCUT2D eigenvalue weighted by molar-refractivity contribution is 6.51. The number of benzene rings is 2. The normalized spacial score (nSPS) is 17.2. The highest BCUT2D eigenvalue weighted by Gasteiger charge is 2.48. The number of carbonyl (C=O) groups excluding carboxylic acids is 2. The van der Waals surface area contributed by atoms with Crippen LogP contribution >= 0.6 is 0 Å². The summed E-state index contributed by atoms with van der Waals surface area (Å²) in [7, 11) is 2.96. The van der Waals surface area contributed by atoms with E-state index in [4.69, 9.17) is 18.7 Å². The van der Waals surface area contributed by atoms with Gasteiger partial charge in [0.25, 0.3) is 5.78 Å². The number of Topliss-reactive ketones (excluding diaryl/α,β-unsaturated/α-hetero) is 1.